The van der Waals surface area contributed by atoms with Crippen molar-refractivity contribution in [2.45, 2.75) is 0 Å². The molecule has 1 fully saturated rings. The zero-order valence-electron chi connectivity index (χ0n) is 16.0. The number of anilines is 1. The molecule has 9 heteroatoms. The average molecular weight is 455 g/mol. The van der Waals surface area contributed by atoms with Gasteiger partial charge < -0.3 is 13.9 Å². The smallest absolute Gasteiger partial charge is 0.379 e. The predicted octanol–water partition coefficient (Wildman–Crippen LogP) is 5.05. The Hall–Kier alpha value is -3.43. The second kappa shape index (κ2) is 8.75. The number of carbonyl (C=O) groups excluding carboxylic acids is 2. The van der Waals surface area contributed by atoms with Crippen molar-refractivity contribution in [1.82, 2.24) is 0 Å². The maximum atomic E-state index is 13.6. The summed E-state index contributed by atoms with van der Waals surface area (Å²) in [5.74, 6) is -0.908. The molecule has 4 rings (SSSR count). The Morgan fingerprint density at radius 3 is 2.71 bits per heavy atom. The van der Waals surface area contributed by atoms with E-state index in [9.17, 15) is 14.0 Å². The van der Waals surface area contributed by atoms with Crippen LogP contribution in [0.1, 0.15) is 16.1 Å². The standard InChI is InChI=1S/C22H14FNO5S2/c1-27-18-10-13(7-8-16(18)29-21(26)17-6-3-9-28-17)11-19-20(25)24(22(30)31-19)15-5-2-4-14(23)12-15/h2-12H,1H3. The number of furan rings is 1. The molecule has 31 heavy (non-hydrogen) atoms. The van der Waals surface area contributed by atoms with Gasteiger partial charge in [0.15, 0.2) is 15.8 Å². The van der Waals surface area contributed by atoms with Crippen molar-refractivity contribution >= 4 is 51.9 Å². The summed E-state index contributed by atoms with van der Waals surface area (Å²) in [6, 6.07) is 13.6. The van der Waals surface area contributed by atoms with Crippen molar-refractivity contribution in [1.29, 1.82) is 0 Å². The van der Waals surface area contributed by atoms with Crippen molar-refractivity contribution in [3.05, 3.63) is 82.9 Å². The van der Waals surface area contributed by atoms with Crippen LogP contribution in [0.5, 0.6) is 11.5 Å². The Labute approximate surface area is 186 Å². The number of esters is 1. The quantitative estimate of drug-likeness (QED) is 0.231. The van der Waals surface area contributed by atoms with E-state index in [-0.39, 0.29) is 17.4 Å². The van der Waals surface area contributed by atoms with Crippen LogP contribution in [0.25, 0.3) is 6.08 Å². The Bertz CT molecular complexity index is 1210. The van der Waals surface area contributed by atoms with E-state index in [1.165, 1.54) is 42.5 Å². The molecule has 1 amide bonds. The van der Waals surface area contributed by atoms with Crippen molar-refractivity contribution in [3.63, 3.8) is 0 Å². The molecule has 1 aliphatic heterocycles. The fraction of sp³-hybridized carbons (Fsp3) is 0.0455. The molecule has 0 N–H and O–H groups in total. The van der Waals surface area contributed by atoms with E-state index in [2.05, 4.69) is 0 Å². The number of hydrogen-bond acceptors (Lipinski definition) is 7. The number of thioether (sulfide) groups is 1. The molecule has 156 valence electrons. The van der Waals surface area contributed by atoms with Crippen LogP contribution < -0.4 is 14.4 Å². The highest BCUT2D eigenvalue weighted by Crippen LogP contribution is 2.37. The van der Waals surface area contributed by atoms with Crippen LogP contribution in [0.2, 0.25) is 0 Å². The number of methoxy groups -OCH3 is 1. The molecule has 6 nitrogen and oxygen atoms in total. The molecule has 0 radical (unpaired) electrons. The highest BCUT2D eigenvalue weighted by molar-refractivity contribution is 8.27. The third-order valence-electron chi connectivity index (χ3n) is 4.27. The SMILES string of the molecule is COc1cc(C=C2SC(=S)N(c3cccc(F)c3)C2=O)ccc1OC(=O)c1ccco1. The second-order valence-electron chi connectivity index (χ2n) is 6.27. The molecule has 0 bridgehead atoms. The van der Waals surface area contributed by atoms with Gasteiger partial charge in [-0.15, -0.1) is 0 Å². The highest BCUT2D eigenvalue weighted by atomic mass is 32.2. The number of nitrogens with zero attached hydrogens (tertiary/aromatic N) is 1. The molecule has 0 aliphatic carbocycles. The third kappa shape index (κ3) is 4.37. The molecule has 2 heterocycles. The molecular formula is C22H14FNO5S2. The van der Waals surface area contributed by atoms with Crippen LogP contribution in [0.4, 0.5) is 10.1 Å². The minimum absolute atomic E-state index is 0.0622. The molecule has 1 aliphatic rings. The number of carbonyl (C=O) groups is 2. The number of rotatable bonds is 5. The minimum Gasteiger partial charge on any atom is -0.493 e. The van der Waals surface area contributed by atoms with E-state index in [0.717, 1.165) is 11.8 Å². The van der Waals surface area contributed by atoms with Crippen LogP contribution in [0, 0.1) is 5.82 Å². The number of benzene rings is 2. The lowest BCUT2D eigenvalue weighted by Gasteiger charge is -2.14. The van der Waals surface area contributed by atoms with E-state index >= 15 is 0 Å². The number of hydrogen-bond donors (Lipinski definition) is 0. The normalized spacial score (nSPS) is 14.9. The van der Waals surface area contributed by atoms with Crippen molar-refractivity contribution in [2.75, 3.05) is 12.0 Å². The summed E-state index contributed by atoms with van der Waals surface area (Å²) in [6.07, 6.45) is 3.01. The molecular weight excluding hydrogens is 441 g/mol. The van der Waals surface area contributed by atoms with Gasteiger partial charge >= 0.3 is 5.97 Å². The summed E-state index contributed by atoms with van der Waals surface area (Å²) in [5, 5.41) is 0. The Morgan fingerprint density at radius 1 is 1.16 bits per heavy atom. The van der Waals surface area contributed by atoms with Gasteiger partial charge in [-0.25, -0.2) is 9.18 Å². The lowest BCUT2D eigenvalue weighted by molar-refractivity contribution is -0.113. The third-order valence-corrected chi connectivity index (χ3v) is 5.57. The largest absolute Gasteiger partial charge is 0.493 e. The molecule has 2 aromatic carbocycles. The zero-order chi connectivity index (χ0) is 22.0. The van der Waals surface area contributed by atoms with E-state index in [1.54, 1.807) is 36.4 Å². The van der Waals surface area contributed by atoms with Gasteiger partial charge in [0.2, 0.25) is 5.76 Å². The first-order chi connectivity index (χ1) is 15.0. The maximum absolute atomic E-state index is 13.6. The van der Waals surface area contributed by atoms with Crippen LogP contribution in [-0.2, 0) is 4.79 Å². The van der Waals surface area contributed by atoms with Crippen molar-refractivity contribution in [2.24, 2.45) is 0 Å². The van der Waals surface area contributed by atoms with Gasteiger partial charge in [0.1, 0.15) is 5.82 Å². The second-order valence-corrected chi connectivity index (χ2v) is 7.95. The first-order valence-electron chi connectivity index (χ1n) is 8.93. The molecule has 0 spiro atoms. The Morgan fingerprint density at radius 2 is 2.00 bits per heavy atom. The molecule has 0 atom stereocenters. The van der Waals surface area contributed by atoms with Gasteiger partial charge in [-0.1, -0.05) is 36.1 Å². The lowest BCUT2D eigenvalue weighted by Crippen LogP contribution is -2.27. The predicted molar refractivity (Wildman–Crippen MR) is 119 cm³/mol. The number of ether oxygens (including phenoxy) is 2. The van der Waals surface area contributed by atoms with Gasteiger partial charge in [0, 0.05) is 0 Å². The van der Waals surface area contributed by atoms with Gasteiger partial charge in [-0.2, -0.15) is 0 Å². The lowest BCUT2D eigenvalue weighted by atomic mass is 10.1. The summed E-state index contributed by atoms with van der Waals surface area (Å²) in [4.78, 5) is 26.6. The molecule has 3 aromatic rings. The number of amides is 1. The highest BCUT2D eigenvalue weighted by Gasteiger charge is 2.33. The van der Waals surface area contributed by atoms with E-state index in [0.29, 0.717) is 26.2 Å². The monoisotopic (exact) mass is 455 g/mol. The Kier molecular flexibility index (Phi) is 5.88. The van der Waals surface area contributed by atoms with Gasteiger partial charge in [-0.05, 0) is 54.1 Å². The summed E-state index contributed by atoms with van der Waals surface area (Å²) in [7, 11) is 1.44. The fourth-order valence-corrected chi connectivity index (χ4v) is 4.16. The molecule has 0 saturated carbocycles. The summed E-state index contributed by atoms with van der Waals surface area (Å²) in [6.45, 7) is 0. The topological polar surface area (TPSA) is 69.0 Å². The summed E-state index contributed by atoms with van der Waals surface area (Å²) < 4.78 is 29.5. The van der Waals surface area contributed by atoms with E-state index in [4.69, 9.17) is 26.1 Å². The first-order valence-corrected chi connectivity index (χ1v) is 10.2. The van der Waals surface area contributed by atoms with E-state index < -0.39 is 11.8 Å². The molecule has 1 aromatic heterocycles. The van der Waals surface area contributed by atoms with Gasteiger partial charge in [-0.3, -0.25) is 9.69 Å². The fourth-order valence-electron chi connectivity index (χ4n) is 2.86. The summed E-state index contributed by atoms with van der Waals surface area (Å²) >= 11 is 6.42. The minimum atomic E-state index is -0.660. The number of halogens is 1. The first kappa shape index (κ1) is 20.8. The van der Waals surface area contributed by atoms with Gasteiger partial charge in [0.25, 0.3) is 5.91 Å². The number of thiocarbonyl (C=S) groups is 1. The van der Waals surface area contributed by atoms with E-state index in [1.807, 2.05) is 0 Å². The van der Waals surface area contributed by atoms with Crippen LogP contribution in [-0.4, -0.2) is 23.3 Å². The van der Waals surface area contributed by atoms with Gasteiger partial charge in [0.05, 0.1) is 24.0 Å². The molecule has 1 saturated heterocycles. The van der Waals surface area contributed by atoms with Crippen molar-refractivity contribution < 1.29 is 27.9 Å². The van der Waals surface area contributed by atoms with Crippen LogP contribution >= 0.6 is 24.0 Å². The van der Waals surface area contributed by atoms with Crippen LogP contribution in [0.15, 0.2) is 70.2 Å². The zero-order valence-corrected chi connectivity index (χ0v) is 17.7. The van der Waals surface area contributed by atoms with Crippen molar-refractivity contribution in [3.8, 4) is 11.5 Å². The maximum Gasteiger partial charge on any atom is 0.379 e. The summed E-state index contributed by atoms with van der Waals surface area (Å²) in [5.41, 5.74) is 0.998. The van der Waals surface area contributed by atoms with Crippen LogP contribution in [0.3, 0.4) is 0 Å². The molecule has 0 unspecified atom stereocenters. The Balaban J connectivity index is 1.58. The average Bonchev–Trinajstić information content (AvgIpc) is 3.38.